The summed E-state index contributed by atoms with van der Waals surface area (Å²) in [4.78, 5) is 4.83. The van der Waals surface area contributed by atoms with Crippen LogP contribution in [0.15, 0.2) is 40.4 Å². The van der Waals surface area contributed by atoms with E-state index in [4.69, 9.17) is 4.99 Å². The van der Waals surface area contributed by atoms with E-state index in [2.05, 4.69) is 43.5 Å². The van der Waals surface area contributed by atoms with Gasteiger partial charge in [-0.15, -0.1) is 0 Å². The number of allylic oxidation sites excluding steroid dienone is 1. The van der Waals surface area contributed by atoms with Gasteiger partial charge in [0.15, 0.2) is 0 Å². The van der Waals surface area contributed by atoms with E-state index in [1.54, 1.807) is 0 Å². The van der Waals surface area contributed by atoms with E-state index >= 15 is 0 Å². The molecule has 0 saturated heterocycles. The van der Waals surface area contributed by atoms with Crippen molar-refractivity contribution in [3.05, 3.63) is 35.5 Å². The third-order valence-electron chi connectivity index (χ3n) is 3.80. The average Bonchev–Trinajstić information content (AvgIpc) is 2.31. The summed E-state index contributed by atoms with van der Waals surface area (Å²) in [7, 11) is 0. The highest BCUT2D eigenvalue weighted by atomic mass is 15.0. The second-order valence-corrected chi connectivity index (χ2v) is 4.99. The molecular formula is C14H18N2. The van der Waals surface area contributed by atoms with Gasteiger partial charge in [0.2, 0.25) is 0 Å². The van der Waals surface area contributed by atoms with Gasteiger partial charge in [-0.3, -0.25) is 4.99 Å². The van der Waals surface area contributed by atoms with Crippen molar-refractivity contribution < 1.29 is 0 Å². The van der Waals surface area contributed by atoms with Gasteiger partial charge in [-0.25, -0.2) is 0 Å². The molecule has 0 aromatic rings. The van der Waals surface area contributed by atoms with E-state index < -0.39 is 0 Å². The molecule has 0 bridgehead atoms. The fraction of sp³-hybridized carbons (Fsp3) is 0.500. The number of rotatable bonds is 0. The van der Waals surface area contributed by atoms with Crippen LogP contribution in [0.2, 0.25) is 0 Å². The Kier molecular flexibility index (Phi) is 2.32. The minimum Gasteiger partial charge on any atom is -0.307 e. The maximum Gasteiger partial charge on any atom is 0.0907 e. The van der Waals surface area contributed by atoms with Gasteiger partial charge in [0.25, 0.3) is 0 Å². The first-order valence-corrected chi connectivity index (χ1v) is 6.07. The number of hydrogen-bond donors (Lipinski definition) is 1. The molecule has 0 aromatic heterocycles. The van der Waals surface area contributed by atoms with Gasteiger partial charge < -0.3 is 5.32 Å². The van der Waals surface area contributed by atoms with E-state index in [0.717, 1.165) is 13.0 Å². The van der Waals surface area contributed by atoms with Crippen LogP contribution in [0.25, 0.3) is 0 Å². The highest BCUT2D eigenvalue weighted by Crippen LogP contribution is 2.34. The van der Waals surface area contributed by atoms with Crippen molar-refractivity contribution in [2.24, 2.45) is 10.9 Å². The summed E-state index contributed by atoms with van der Waals surface area (Å²) in [5, 5.41) is 3.60. The quantitative estimate of drug-likeness (QED) is 0.614. The van der Waals surface area contributed by atoms with Crippen LogP contribution in [0.5, 0.6) is 0 Å². The molecule has 0 amide bonds. The summed E-state index contributed by atoms with van der Waals surface area (Å²) >= 11 is 0. The summed E-state index contributed by atoms with van der Waals surface area (Å²) in [6.07, 6.45) is 10.3. The van der Waals surface area contributed by atoms with Gasteiger partial charge in [0.1, 0.15) is 0 Å². The van der Waals surface area contributed by atoms with Crippen LogP contribution in [0, 0.1) is 5.92 Å². The molecule has 0 aromatic carbocycles. The molecule has 3 atom stereocenters. The zero-order valence-electron chi connectivity index (χ0n) is 9.90. The van der Waals surface area contributed by atoms with Gasteiger partial charge in [-0.2, -0.15) is 0 Å². The first-order chi connectivity index (χ1) is 7.75. The average molecular weight is 214 g/mol. The minimum absolute atomic E-state index is 0.340. The lowest BCUT2D eigenvalue weighted by Gasteiger charge is -2.39. The Hall–Kier alpha value is -1.15. The van der Waals surface area contributed by atoms with E-state index in [1.165, 1.54) is 16.9 Å². The zero-order valence-corrected chi connectivity index (χ0v) is 9.90. The van der Waals surface area contributed by atoms with Crippen LogP contribution in [0.4, 0.5) is 0 Å². The number of nitrogens with zero attached hydrogens (tertiary/aromatic N) is 1. The zero-order chi connectivity index (χ0) is 11.1. The van der Waals surface area contributed by atoms with E-state index in [0.29, 0.717) is 18.0 Å². The topological polar surface area (TPSA) is 24.4 Å². The van der Waals surface area contributed by atoms with Crippen molar-refractivity contribution in [3.63, 3.8) is 0 Å². The van der Waals surface area contributed by atoms with E-state index in [9.17, 15) is 0 Å². The summed E-state index contributed by atoms with van der Waals surface area (Å²) < 4.78 is 0. The van der Waals surface area contributed by atoms with Crippen LogP contribution in [-0.2, 0) is 0 Å². The Morgan fingerprint density at radius 2 is 2.25 bits per heavy atom. The van der Waals surface area contributed by atoms with Crippen molar-refractivity contribution in [3.8, 4) is 0 Å². The molecule has 16 heavy (non-hydrogen) atoms. The Bertz CT molecular complexity index is 426. The molecule has 3 aliphatic rings. The Labute approximate surface area is 96.8 Å². The van der Waals surface area contributed by atoms with Gasteiger partial charge >= 0.3 is 0 Å². The molecular weight excluding hydrogens is 196 g/mol. The predicted octanol–water partition coefficient (Wildman–Crippen LogP) is 2.25. The maximum absolute atomic E-state index is 4.83. The van der Waals surface area contributed by atoms with Crippen molar-refractivity contribution in [2.75, 3.05) is 6.54 Å². The van der Waals surface area contributed by atoms with Crippen molar-refractivity contribution in [1.82, 2.24) is 5.32 Å². The van der Waals surface area contributed by atoms with Crippen molar-refractivity contribution in [1.29, 1.82) is 0 Å². The van der Waals surface area contributed by atoms with Gasteiger partial charge in [-0.05, 0) is 19.4 Å². The standard InChI is InChI=1S/C14H18N2/c1-9-8-11-6-5-10(2)16-13(11)14-12(9)4-3-7-15-14/h3-4,6,8,12-15H,5,7H2,1-2H3. The SMILES string of the molecule is CC1=CC2=CCC(C)=NC2C2NCC=CC12. The first-order valence-electron chi connectivity index (χ1n) is 6.07. The second kappa shape index (κ2) is 3.70. The lowest BCUT2D eigenvalue weighted by atomic mass is 9.76. The van der Waals surface area contributed by atoms with Crippen LogP contribution >= 0.6 is 0 Å². The molecule has 0 saturated carbocycles. The third-order valence-corrected chi connectivity index (χ3v) is 3.80. The monoisotopic (exact) mass is 214 g/mol. The lowest BCUT2D eigenvalue weighted by Crippen LogP contribution is -2.50. The smallest absolute Gasteiger partial charge is 0.0907 e. The molecule has 2 nitrogen and oxygen atoms in total. The summed E-state index contributed by atoms with van der Waals surface area (Å²) in [6, 6.07) is 0.809. The van der Waals surface area contributed by atoms with Gasteiger partial charge in [-0.1, -0.05) is 29.9 Å². The molecule has 0 radical (unpaired) electrons. The van der Waals surface area contributed by atoms with E-state index in [-0.39, 0.29) is 0 Å². The second-order valence-electron chi connectivity index (χ2n) is 4.99. The molecule has 3 rings (SSSR count). The molecule has 2 heteroatoms. The van der Waals surface area contributed by atoms with E-state index in [1.807, 2.05) is 0 Å². The fourth-order valence-electron chi connectivity index (χ4n) is 2.95. The molecule has 84 valence electrons. The fourth-order valence-corrected chi connectivity index (χ4v) is 2.95. The molecule has 2 heterocycles. The Balaban J connectivity index is 2.04. The van der Waals surface area contributed by atoms with Crippen molar-refractivity contribution >= 4 is 5.71 Å². The largest absolute Gasteiger partial charge is 0.307 e. The number of nitrogens with one attached hydrogen (secondary N) is 1. The number of aliphatic imine (C=N–C) groups is 1. The summed E-state index contributed by atoms with van der Waals surface area (Å²) in [5.41, 5.74) is 4.13. The summed E-state index contributed by atoms with van der Waals surface area (Å²) in [5.74, 6) is 0.533. The predicted molar refractivity (Wildman–Crippen MR) is 67.8 cm³/mol. The number of dihydropyridines is 1. The van der Waals surface area contributed by atoms with Crippen LogP contribution < -0.4 is 5.32 Å². The molecule has 3 unspecified atom stereocenters. The lowest BCUT2D eigenvalue weighted by molar-refractivity contribution is 0.392. The molecule has 2 aliphatic heterocycles. The molecule has 0 spiro atoms. The van der Waals surface area contributed by atoms with Gasteiger partial charge in [0, 0.05) is 30.6 Å². The molecule has 1 aliphatic carbocycles. The number of hydrogen-bond acceptors (Lipinski definition) is 2. The summed E-state index contributed by atoms with van der Waals surface area (Å²) in [6.45, 7) is 5.34. The third kappa shape index (κ3) is 1.49. The van der Waals surface area contributed by atoms with Crippen LogP contribution in [0.3, 0.4) is 0 Å². The molecule has 1 N–H and O–H groups in total. The first kappa shape index (κ1) is 10.0. The molecule has 0 fully saturated rings. The van der Waals surface area contributed by atoms with Crippen molar-refractivity contribution in [2.45, 2.75) is 32.4 Å². The highest BCUT2D eigenvalue weighted by molar-refractivity contribution is 5.85. The van der Waals surface area contributed by atoms with Gasteiger partial charge in [0.05, 0.1) is 6.04 Å². The Morgan fingerprint density at radius 1 is 1.38 bits per heavy atom. The minimum atomic E-state index is 0.340. The van der Waals surface area contributed by atoms with Crippen LogP contribution in [0.1, 0.15) is 20.3 Å². The number of fused-ring (bicyclic) bond motifs is 3. The highest BCUT2D eigenvalue weighted by Gasteiger charge is 2.36. The maximum atomic E-state index is 4.83. The Morgan fingerprint density at radius 3 is 3.12 bits per heavy atom. The van der Waals surface area contributed by atoms with Crippen LogP contribution in [-0.4, -0.2) is 24.3 Å². The normalized spacial score (nSPS) is 36.9.